The maximum Gasteiger partial charge on any atom is 0.128 e. The van der Waals surface area contributed by atoms with Crippen LogP contribution in [0.4, 0.5) is 4.39 Å². The molecule has 1 saturated heterocycles. The molecule has 78 valence electrons. The van der Waals surface area contributed by atoms with Gasteiger partial charge in [-0.2, -0.15) is 0 Å². The molecular formula is C10H13ClFNO. The molecule has 4 heteroatoms. The molecule has 1 atom stereocenters. The van der Waals surface area contributed by atoms with Gasteiger partial charge in [0.05, 0.1) is 7.11 Å². The van der Waals surface area contributed by atoms with E-state index in [1.807, 2.05) is 0 Å². The first-order valence-electron chi connectivity index (χ1n) is 4.38. The Kier molecular flexibility index (Phi) is 3.72. The summed E-state index contributed by atoms with van der Waals surface area (Å²) < 4.78 is 18.3. The Labute approximate surface area is 88.9 Å². The third-order valence-corrected chi connectivity index (χ3v) is 2.40. The van der Waals surface area contributed by atoms with Crippen LogP contribution < -0.4 is 10.1 Å². The Balaban J connectivity index is 0.000000980. The number of halogens is 2. The first-order chi connectivity index (χ1) is 6.31. The highest BCUT2D eigenvalue weighted by atomic mass is 35.5. The molecule has 1 fully saturated rings. The lowest BCUT2D eigenvalue weighted by Gasteiger charge is -2.28. The van der Waals surface area contributed by atoms with Gasteiger partial charge in [-0.15, -0.1) is 12.4 Å². The highest BCUT2D eigenvalue weighted by Crippen LogP contribution is 2.28. The third kappa shape index (κ3) is 1.99. The summed E-state index contributed by atoms with van der Waals surface area (Å²) in [7, 11) is 1.59. The normalized spacial score (nSPS) is 19.4. The number of nitrogens with one attached hydrogen (secondary N) is 1. The molecule has 0 spiro atoms. The molecule has 1 aromatic rings. The molecule has 0 unspecified atom stereocenters. The van der Waals surface area contributed by atoms with E-state index in [0.717, 1.165) is 13.0 Å². The minimum absolute atomic E-state index is 0. The van der Waals surface area contributed by atoms with Crippen LogP contribution in [0, 0.1) is 5.82 Å². The molecule has 14 heavy (non-hydrogen) atoms. The predicted molar refractivity (Wildman–Crippen MR) is 55.6 cm³/mol. The molecule has 1 aliphatic heterocycles. The maximum atomic E-state index is 13.3. The highest BCUT2D eigenvalue weighted by molar-refractivity contribution is 5.85. The fourth-order valence-corrected chi connectivity index (χ4v) is 1.47. The van der Waals surface area contributed by atoms with Crippen LogP contribution in [-0.4, -0.2) is 13.7 Å². The van der Waals surface area contributed by atoms with Gasteiger partial charge in [0.2, 0.25) is 0 Å². The van der Waals surface area contributed by atoms with Crippen LogP contribution in [0.2, 0.25) is 0 Å². The summed E-state index contributed by atoms with van der Waals surface area (Å²) >= 11 is 0. The quantitative estimate of drug-likeness (QED) is 0.821. The van der Waals surface area contributed by atoms with Crippen molar-refractivity contribution < 1.29 is 9.13 Å². The summed E-state index contributed by atoms with van der Waals surface area (Å²) in [5.41, 5.74) is 0.714. The van der Waals surface area contributed by atoms with Gasteiger partial charge in [-0.1, -0.05) is 0 Å². The van der Waals surface area contributed by atoms with Crippen LogP contribution in [0.5, 0.6) is 5.75 Å². The van der Waals surface area contributed by atoms with Crippen molar-refractivity contribution in [3.63, 3.8) is 0 Å². The summed E-state index contributed by atoms with van der Waals surface area (Å²) in [5, 5.41) is 3.16. The Morgan fingerprint density at radius 2 is 2.21 bits per heavy atom. The largest absolute Gasteiger partial charge is 0.497 e. The molecule has 2 nitrogen and oxygen atoms in total. The van der Waals surface area contributed by atoms with Crippen LogP contribution in [0.3, 0.4) is 0 Å². The average molecular weight is 218 g/mol. The lowest BCUT2D eigenvalue weighted by Crippen LogP contribution is -2.35. The van der Waals surface area contributed by atoms with Crippen molar-refractivity contribution in [2.75, 3.05) is 13.7 Å². The van der Waals surface area contributed by atoms with Crippen LogP contribution in [-0.2, 0) is 0 Å². The van der Waals surface area contributed by atoms with E-state index in [9.17, 15) is 4.39 Å². The van der Waals surface area contributed by atoms with E-state index < -0.39 is 0 Å². The molecule has 0 radical (unpaired) electrons. The van der Waals surface area contributed by atoms with Crippen LogP contribution >= 0.6 is 12.4 Å². The molecule has 0 amide bonds. The SMILES string of the molecule is COc1ccc(F)c([C@@H]2CCN2)c1.Cl. The molecule has 0 aromatic heterocycles. The van der Waals surface area contributed by atoms with E-state index in [2.05, 4.69) is 5.32 Å². The molecular weight excluding hydrogens is 205 g/mol. The monoisotopic (exact) mass is 217 g/mol. The molecule has 1 heterocycles. The van der Waals surface area contributed by atoms with Gasteiger partial charge in [-0.25, -0.2) is 4.39 Å². The Hall–Kier alpha value is -0.800. The highest BCUT2D eigenvalue weighted by Gasteiger charge is 2.21. The number of hydrogen-bond acceptors (Lipinski definition) is 2. The number of hydrogen-bond donors (Lipinski definition) is 1. The van der Waals surface area contributed by atoms with Gasteiger partial charge in [0.1, 0.15) is 11.6 Å². The first-order valence-corrected chi connectivity index (χ1v) is 4.38. The Morgan fingerprint density at radius 1 is 1.50 bits per heavy atom. The van der Waals surface area contributed by atoms with Crippen molar-refractivity contribution >= 4 is 12.4 Å². The number of ether oxygens (including phenoxy) is 1. The van der Waals surface area contributed by atoms with E-state index in [0.29, 0.717) is 11.3 Å². The van der Waals surface area contributed by atoms with Crippen molar-refractivity contribution in [2.45, 2.75) is 12.5 Å². The van der Waals surface area contributed by atoms with Gasteiger partial charge in [0.15, 0.2) is 0 Å². The standard InChI is InChI=1S/C10H12FNO.ClH/c1-13-7-2-3-9(11)8(6-7)10-4-5-12-10;/h2-3,6,10,12H,4-5H2,1H3;1H/t10-;/m0./s1. The van der Waals surface area contributed by atoms with Gasteiger partial charge < -0.3 is 10.1 Å². The third-order valence-electron chi connectivity index (χ3n) is 2.40. The average Bonchev–Trinajstić information content (AvgIpc) is 2.06. The fourth-order valence-electron chi connectivity index (χ4n) is 1.47. The summed E-state index contributed by atoms with van der Waals surface area (Å²) in [6.45, 7) is 0.974. The van der Waals surface area contributed by atoms with Crippen LogP contribution in [0.1, 0.15) is 18.0 Å². The minimum atomic E-state index is -0.155. The van der Waals surface area contributed by atoms with Crippen molar-refractivity contribution in [1.82, 2.24) is 5.32 Å². The van der Waals surface area contributed by atoms with Gasteiger partial charge in [0, 0.05) is 11.6 Å². The molecule has 2 rings (SSSR count). The lowest BCUT2D eigenvalue weighted by molar-refractivity contribution is 0.365. The van der Waals surface area contributed by atoms with E-state index in [1.54, 1.807) is 19.2 Å². The van der Waals surface area contributed by atoms with Crippen molar-refractivity contribution in [1.29, 1.82) is 0 Å². The van der Waals surface area contributed by atoms with Crippen LogP contribution in [0.15, 0.2) is 18.2 Å². The van der Waals surface area contributed by atoms with Crippen molar-refractivity contribution in [3.8, 4) is 5.75 Å². The minimum Gasteiger partial charge on any atom is -0.497 e. The van der Waals surface area contributed by atoms with E-state index in [1.165, 1.54) is 6.07 Å². The summed E-state index contributed by atoms with van der Waals surface area (Å²) in [4.78, 5) is 0. The zero-order valence-electron chi connectivity index (χ0n) is 7.92. The predicted octanol–water partition coefficient (Wildman–Crippen LogP) is 2.29. The number of benzene rings is 1. The van der Waals surface area contributed by atoms with Gasteiger partial charge in [0.25, 0.3) is 0 Å². The Morgan fingerprint density at radius 3 is 2.71 bits per heavy atom. The topological polar surface area (TPSA) is 21.3 Å². The summed E-state index contributed by atoms with van der Waals surface area (Å²) in [6.07, 6.45) is 1.00. The number of methoxy groups -OCH3 is 1. The maximum absolute atomic E-state index is 13.3. The van der Waals surface area contributed by atoms with E-state index in [4.69, 9.17) is 4.74 Å². The van der Waals surface area contributed by atoms with Crippen molar-refractivity contribution in [3.05, 3.63) is 29.6 Å². The van der Waals surface area contributed by atoms with E-state index in [-0.39, 0.29) is 24.3 Å². The lowest BCUT2D eigenvalue weighted by atomic mass is 9.97. The molecule has 1 aliphatic rings. The molecule has 0 aliphatic carbocycles. The van der Waals surface area contributed by atoms with Gasteiger partial charge in [-0.05, 0) is 31.2 Å². The van der Waals surface area contributed by atoms with Gasteiger partial charge in [-0.3, -0.25) is 0 Å². The molecule has 0 saturated carbocycles. The summed E-state index contributed by atoms with van der Waals surface area (Å²) in [5.74, 6) is 0.558. The van der Waals surface area contributed by atoms with Gasteiger partial charge >= 0.3 is 0 Å². The summed E-state index contributed by atoms with van der Waals surface area (Å²) in [6, 6.07) is 5.02. The second kappa shape index (κ2) is 4.62. The van der Waals surface area contributed by atoms with E-state index >= 15 is 0 Å². The molecule has 0 bridgehead atoms. The molecule has 1 aromatic carbocycles. The second-order valence-electron chi connectivity index (χ2n) is 3.18. The zero-order chi connectivity index (χ0) is 9.26. The fraction of sp³-hybridized carbons (Fsp3) is 0.400. The van der Waals surface area contributed by atoms with Crippen LogP contribution in [0.25, 0.3) is 0 Å². The first kappa shape index (κ1) is 11.3. The Bertz CT molecular complexity index is 315. The smallest absolute Gasteiger partial charge is 0.128 e. The second-order valence-corrected chi connectivity index (χ2v) is 3.18. The zero-order valence-corrected chi connectivity index (χ0v) is 8.73. The van der Waals surface area contributed by atoms with Crippen molar-refractivity contribution in [2.24, 2.45) is 0 Å². The molecule has 1 N–H and O–H groups in total. The number of rotatable bonds is 2.